The van der Waals surface area contributed by atoms with Crippen LogP contribution in [0.4, 0.5) is 0 Å². The highest BCUT2D eigenvalue weighted by Crippen LogP contribution is 2.50. The van der Waals surface area contributed by atoms with E-state index in [0.717, 1.165) is 198 Å². The Hall–Kier alpha value is -14.0. The summed E-state index contributed by atoms with van der Waals surface area (Å²) >= 11 is 0. The molecule has 8 heterocycles. The maximum Gasteiger partial charge on any atom is 0.236 e. The van der Waals surface area contributed by atoms with E-state index in [1.807, 2.05) is 30.3 Å². The molecule has 0 bridgehead atoms. The van der Waals surface area contributed by atoms with Gasteiger partial charge in [0.05, 0.1) is 38.2 Å². The van der Waals surface area contributed by atoms with Crippen molar-refractivity contribution < 1.29 is 17.7 Å². The normalized spacial score (nSPS) is 12.1. The van der Waals surface area contributed by atoms with Gasteiger partial charge >= 0.3 is 0 Å². The molecule has 0 aliphatic carbocycles. The second-order valence-corrected chi connectivity index (χ2v) is 27.2. The van der Waals surface area contributed by atoms with Gasteiger partial charge in [-0.15, -0.1) is 0 Å². The van der Waals surface area contributed by atoms with E-state index >= 15 is 0 Å². The summed E-state index contributed by atoms with van der Waals surface area (Å²) in [6, 6.07) is 106. The average molecular weight is 1330 g/mol. The minimum absolute atomic E-state index is 0.562. The zero-order valence-electron chi connectivity index (χ0n) is 56.2. The molecule has 23 rings (SSSR count). The van der Waals surface area contributed by atoms with E-state index in [-0.39, 0.29) is 0 Å². The number of hydrogen-bond acceptors (Lipinski definition) is 8. The molecule has 0 atom stereocenters. The number of aromatic nitrogens is 6. The van der Waals surface area contributed by atoms with Crippen molar-refractivity contribution in [2.45, 2.75) is 13.8 Å². The van der Waals surface area contributed by atoms with Crippen LogP contribution in [0.15, 0.2) is 321 Å². The second kappa shape index (κ2) is 22.3. The highest BCUT2D eigenvalue weighted by molar-refractivity contribution is 6.37. The van der Waals surface area contributed by atoms with Gasteiger partial charge in [-0.2, -0.15) is 0 Å². The minimum atomic E-state index is 0.562. The molecule has 0 N–H and O–H groups in total. The fourth-order valence-corrected chi connectivity index (χ4v) is 16.7. The number of nitrogens with zero attached hydrogens (tertiary/aromatic N) is 6. The molecule has 0 radical (unpaired) electrons. The van der Waals surface area contributed by atoms with Crippen molar-refractivity contribution in [3.8, 4) is 56.7 Å². The number of rotatable bonds is 6. The standard InChI is InChI=1S/C50H29N3O2.C44H27N3O2/c1-3-15-30(16-4-1)32-27-33(31-17-5-2-6-18-31)29-34(28-32)45-49-46(39-23-11-14-26-42(39)55-49)52-50(51-45)53-40-24-12-9-21-37(40)44-47(53)36-20-8-7-19-35(36)43-38-22-10-13-25-41(38)54-48(43)44;1-24-21-25(2)23-27(22-24)39-43-40(37-28-12-4-3-11-26(28)19-20-35(37)49-43)46-44(45-39)47-33-17-9-7-15-31(33)38-41(47)30-14-6-5-13-29(30)36-32-16-8-10-18-34(32)48-42(36)38/h1-29H;3-23H,1-2H3. The first kappa shape index (κ1) is 57.9. The van der Waals surface area contributed by atoms with Crippen molar-refractivity contribution in [2.24, 2.45) is 0 Å². The van der Waals surface area contributed by atoms with Crippen molar-refractivity contribution >= 4 is 164 Å². The fourth-order valence-electron chi connectivity index (χ4n) is 16.7. The van der Waals surface area contributed by atoms with Crippen LogP contribution in [0.1, 0.15) is 11.1 Å². The Bertz CT molecular complexity index is 7500. The van der Waals surface area contributed by atoms with Crippen LogP contribution in [0, 0.1) is 13.8 Å². The summed E-state index contributed by atoms with van der Waals surface area (Å²) in [7, 11) is 0. The van der Waals surface area contributed by atoms with Crippen LogP contribution in [0.5, 0.6) is 0 Å². The van der Waals surface area contributed by atoms with E-state index in [9.17, 15) is 0 Å². The molecule has 0 spiro atoms. The molecule has 0 fully saturated rings. The van der Waals surface area contributed by atoms with E-state index in [0.29, 0.717) is 23.1 Å². The van der Waals surface area contributed by atoms with Crippen LogP contribution in [-0.2, 0) is 0 Å². The number of benzene rings is 15. The van der Waals surface area contributed by atoms with Gasteiger partial charge in [-0.05, 0) is 130 Å². The van der Waals surface area contributed by atoms with E-state index in [1.165, 1.54) is 11.1 Å². The lowest BCUT2D eigenvalue weighted by molar-refractivity contribution is 0.666. The predicted octanol–water partition coefficient (Wildman–Crippen LogP) is 25.5. The summed E-state index contributed by atoms with van der Waals surface area (Å²) in [4.78, 5) is 21.8. The molecule has 0 saturated carbocycles. The van der Waals surface area contributed by atoms with Crippen LogP contribution in [0.25, 0.3) is 221 Å². The Kier molecular flexibility index (Phi) is 12.4. The van der Waals surface area contributed by atoms with Crippen molar-refractivity contribution in [1.29, 1.82) is 0 Å². The van der Waals surface area contributed by atoms with E-state index in [4.69, 9.17) is 37.6 Å². The molecule has 104 heavy (non-hydrogen) atoms. The summed E-state index contributed by atoms with van der Waals surface area (Å²) in [5.74, 6) is 1.15. The van der Waals surface area contributed by atoms with Crippen LogP contribution < -0.4 is 0 Å². The van der Waals surface area contributed by atoms with Gasteiger partial charge in [0.25, 0.3) is 0 Å². The molecular formula is C94H56N6O4. The van der Waals surface area contributed by atoms with Gasteiger partial charge in [-0.25, -0.2) is 19.9 Å². The molecule has 486 valence electrons. The summed E-state index contributed by atoms with van der Waals surface area (Å²) in [6.07, 6.45) is 0. The first-order chi connectivity index (χ1) is 51.4. The van der Waals surface area contributed by atoms with Crippen LogP contribution in [0.2, 0.25) is 0 Å². The zero-order chi connectivity index (χ0) is 68.4. The monoisotopic (exact) mass is 1330 g/mol. The van der Waals surface area contributed by atoms with Crippen LogP contribution in [-0.4, -0.2) is 29.1 Å². The summed E-state index contributed by atoms with van der Waals surface area (Å²) in [6.45, 7) is 4.25. The maximum atomic E-state index is 6.78. The molecule has 0 unspecified atom stereocenters. The topological polar surface area (TPSA) is 114 Å². The molecule has 0 aliphatic rings. The lowest BCUT2D eigenvalue weighted by Crippen LogP contribution is -2.03. The molecule has 0 saturated heterocycles. The summed E-state index contributed by atoms with van der Waals surface area (Å²) in [5.41, 5.74) is 22.2. The van der Waals surface area contributed by atoms with E-state index in [1.54, 1.807) is 0 Å². The number of para-hydroxylation sites is 5. The largest absolute Gasteiger partial charge is 0.455 e. The Morgan fingerprint density at radius 3 is 1.16 bits per heavy atom. The van der Waals surface area contributed by atoms with Crippen molar-refractivity contribution in [1.82, 2.24) is 29.1 Å². The van der Waals surface area contributed by atoms with Gasteiger partial charge < -0.3 is 17.7 Å². The third kappa shape index (κ3) is 8.57. The van der Waals surface area contributed by atoms with Crippen molar-refractivity contribution in [3.63, 3.8) is 0 Å². The van der Waals surface area contributed by atoms with E-state index in [2.05, 4.69) is 296 Å². The second-order valence-electron chi connectivity index (χ2n) is 27.2. The van der Waals surface area contributed by atoms with Crippen LogP contribution >= 0.6 is 0 Å². The first-order valence-corrected chi connectivity index (χ1v) is 35.1. The molecular weight excluding hydrogens is 1280 g/mol. The van der Waals surface area contributed by atoms with Gasteiger partial charge in [-0.3, -0.25) is 9.13 Å². The number of hydrogen-bond donors (Lipinski definition) is 0. The maximum absolute atomic E-state index is 6.78. The Labute approximate surface area is 592 Å². The highest BCUT2D eigenvalue weighted by atomic mass is 16.3. The van der Waals surface area contributed by atoms with Crippen LogP contribution in [0.3, 0.4) is 0 Å². The van der Waals surface area contributed by atoms with E-state index < -0.39 is 0 Å². The SMILES string of the molecule is Cc1cc(C)cc(-c2nc(-n3c4ccccc4c4c5oc6ccccc6c5c5ccccc5c43)nc3c2oc2ccc4ccccc4c23)c1.c1ccc(-c2cc(-c3ccccc3)cc(-c3nc(-n4c5ccccc5c5c6oc7ccccc7c6c6ccccc6c54)nc4c3oc3ccccc34)c2)cc1. The summed E-state index contributed by atoms with van der Waals surface area (Å²) in [5, 5.41) is 17.4. The third-order valence-corrected chi connectivity index (χ3v) is 21.0. The Morgan fingerprint density at radius 2 is 0.625 bits per heavy atom. The lowest BCUT2D eigenvalue weighted by atomic mass is 9.95. The van der Waals surface area contributed by atoms with Crippen molar-refractivity contribution in [2.75, 3.05) is 0 Å². The predicted molar refractivity (Wildman–Crippen MR) is 426 cm³/mol. The molecule has 15 aromatic carbocycles. The number of furan rings is 4. The molecule has 8 aromatic heterocycles. The molecule has 0 aliphatic heterocycles. The zero-order valence-corrected chi connectivity index (χ0v) is 56.2. The van der Waals surface area contributed by atoms with Gasteiger partial charge in [0, 0.05) is 59.6 Å². The quantitative estimate of drug-likeness (QED) is 0.162. The Morgan fingerprint density at radius 1 is 0.240 bits per heavy atom. The van der Waals surface area contributed by atoms with Gasteiger partial charge in [-0.1, -0.05) is 242 Å². The van der Waals surface area contributed by atoms with Crippen molar-refractivity contribution in [3.05, 3.63) is 314 Å². The summed E-state index contributed by atoms with van der Waals surface area (Å²) < 4.78 is 31.4. The average Bonchev–Trinajstić information content (AvgIpc) is 1.54. The van der Waals surface area contributed by atoms with Gasteiger partial charge in [0.2, 0.25) is 11.9 Å². The van der Waals surface area contributed by atoms with Gasteiger partial charge in [0.1, 0.15) is 55.9 Å². The first-order valence-electron chi connectivity index (χ1n) is 35.1. The lowest BCUT2D eigenvalue weighted by Gasteiger charge is -2.13. The van der Waals surface area contributed by atoms with Gasteiger partial charge in [0.15, 0.2) is 11.2 Å². The Balaban J connectivity index is 0.000000132. The fraction of sp³-hybridized carbons (Fsp3) is 0.0213. The molecule has 0 amide bonds. The molecule has 23 aromatic rings. The minimum Gasteiger partial charge on any atom is -0.455 e. The highest BCUT2D eigenvalue weighted by Gasteiger charge is 2.29. The number of fused-ring (bicyclic) bond motifs is 28. The molecule has 10 heteroatoms. The molecule has 10 nitrogen and oxygen atoms in total. The number of aryl methyl sites for hydroxylation is 2. The smallest absolute Gasteiger partial charge is 0.236 e. The third-order valence-electron chi connectivity index (χ3n) is 21.0.